The van der Waals surface area contributed by atoms with Gasteiger partial charge in [-0.25, -0.2) is 8.78 Å². The smallest absolute Gasteiger partial charge is 0.251 e. The average Bonchev–Trinajstić information content (AvgIpc) is 2.45. The first-order valence-electron chi connectivity index (χ1n) is 7.19. The zero-order chi connectivity index (χ0) is 15.5. The molecule has 4 nitrogen and oxygen atoms in total. The zero-order valence-corrected chi connectivity index (χ0v) is 12.1. The van der Waals surface area contributed by atoms with Gasteiger partial charge in [-0.05, 0) is 30.4 Å². The largest absolute Gasteiger partial charge is 0.351 e. The molecule has 0 saturated heterocycles. The van der Waals surface area contributed by atoms with Crippen LogP contribution in [-0.4, -0.2) is 12.5 Å². The summed E-state index contributed by atoms with van der Waals surface area (Å²) >= 11 is 0. The summed E-state index contributed by atoms with van der Waals surface area (Å²) in [6, 6.07) is 1.97. The Kier molecular flexibility index (Phi) is 4.77. The molecule has 2 rings (SSSR count). The van der Waals surface area contributed by atoms with E-state index in [1.165, 1.54) is 6.42 Å². The van der Waals surface area contributed by atoms with Crippen molar-refractivity contribution in [3.8, 4) is 0 Å². The highest BCUT2D eigenvalue weighted by Crippen LogP contribution is 2.35. The van der Waals surface area contributed by atoms with E-state index in [1.807, 2.05) is 5.43 Å². The fourth-order valence-electron chi connectivity index (χ4n) is 2.82. The van der Waals surface area contributed by atoms with Gasteiger partial charge in [0.25, 0.3) is 5.91 Å². The van der Waals surface area contributed by atoms with Crippen LogP contribution >= 0.6 is 0 Å². The number of anilines is 1. The number of nitrogens with one attached hydrogen (secondary N) is 2. The van der Waals surface area contributed by atoms with E-state index < -0.39 is 23.2 Å². The van der Waals surface area contributed by atoms with E-state index in [9.17, 15) is 13.6 Å². The number of hydrazine groups is 1. The van der Waals surface area contributed by atoms with Crippen molar-refractivity contribution in [1.29, 1.82) is 0 Å². The van der Waals surface area contributed by atoms with Crippen molar-refractivity contribution >= 4 is 11.6 Å². The number of halogens is 2. The summed E-state index contributed by atoms with van der Waals surface area (Å²) in [5.41, 5.74) is 1.53. The Balaban J connectivity index is 2.03. The quantitative estimate of drug-likeness (QED) is 0.591. The number of amides is 1. The molecule has 0 aromatic heterocycles. The van der Waals surface area contributed by atoms with Crippen molar-refractivity contribution in [2.75, 3.05) is 12.0 Å². The van der Waals surface area contributed by atoms with Crippen LogP contribution in [0.5, 0.6) is 0 Å². The molecule has 6 heteroatoms. The number of rotatable bonds is 4. The first-order chi connectivity index (χ1) is 9.95. The van der Waals surface area contributed by atoms with Gasteiger partial charge in [-0.1, -0.05) is 26.2 Å². The summed E-state index contributed by atoms with van der Waals surface area (Å²) in [4.78, 5) is 12.0. The summed E-state index contributed by atoms with van der Waals surface area (Å²) in [6.45, 7) is 2.65. The van der Waals surface area contributed by atoms with Crippen LogP contribution in [0.15, 0.2) is 12.1 Å². The standard InChI is InChI=1S/C15H21F2N3O/c1-15(5-3-2-4-6-15)9-19-14(21)10-7-11(16)13(20-18)12(17)8-10/h7-8,20H,2-6,9,18H2,1H3,(H,19,21). The monoisotopic (exact) mass is 297 g/mol. The number of benzene rings is 1. The second-order valence-electron chi connectivity index (χ2n) is 6.01. The molecule has 21 heavy (non-hydrogen) atoms. The van der Waals surface area contributed by atoms with Crippen molar-refractivity contribution in [3.05, 3.63) is 29.3 Å². The number of carbonyl (C=O) groups excluding carboxylic acids is 1. The van der Waals surface area contributed by atoms with Gasteiger partial charge in [0.15, 0.2) is 11.6 Å². The molecule has 0 spiro atoms. The predicted octanol–water partition coefficient (Wildman–Crippen LogP) is 2.95. The number of hydrogen-bond acceptors (Lipinski definition) is 3. The minimum atomic E-state index is -0.883. The van der Waals surface area contributed by atoms with E-state index in [2.05, 4.69) is 12.2 Å². The van der Waals surface area contributed by atoms with Gasteiger partial charge >= 0.3 is 0 Å². The van der Waals surface area contributed by atoms with Crippen LogP contribution in [0.1, 0.15) is 49.4 Å². The fourth-order valence-corrected chi connectivity index (χ4v) is 2.82. The Hall–Kier alpha value is -1.69. The van der Waals surface area contributed by atoms with Crippen LogP contribution in [0.25, 0.3) is 0 Å². The van der Waals surface area contributed by atoms with E-state index in [0.29, 0.717) is 6.54 Å². The molecule has 0 atom stereocenters. The van der Waals surface area contributed by atoms with Gasteiger partial charge < -0.3 is 10.7 Å². The zero-order valence-electron chi connectivity index (χ0n) is 12.1. The lowest BCUT2D eigenvalue weighted by Crippen LogP contribution is -2.37. The molecule has 0 aliphatic heterocycles. The maximum atomic E-state index is 13.6. The summed E-state index contributed by atoms with van der Waals surface area (Å²) in [7, 11) is 0. The summed E-state index contributed by atoms with van der Waals surface area (Å²) < 4.78 is 27.2. The lowest BCUT2D eigenvalue weighted by molar-refractivity contribution is 0.0918. The van der Waals surface area contributed by atoms with Crippen LogP contribution in [0.3, 0.4) is 0 Å². The third-order valence-corrected chi connectivity index (χ3v) is 4.19. The topological polar surface area (TPSA) is 67.2 Å². The Labute approximate surface area is 123 Å². The molecule has 1 amide bonds. The van der Waals surface area contributed by atoms with Gasteiger partial charge in [0, 0.05) is 12.1 Å². The van der Waals surface area contributed by atoms with Crippen LogP contribution in [0.4, 0.5) is 14.5 Å². The van der Waals surface area contributed by atoms with Crippen LogP contribution in [0, 0.1) is 17.0 Å². The molecule has 0 unspecified atom stereocenters. The molecule has 4 N–H and O–H groups in total. The van der Waals surface area contributed by atoms with E-state index >= 15 is 0 Å². The molecule has 0 radical (unpaired) electrons. The maximum absolute atomic E-state index is 13.6. The van der Waals surface area contributed by atoms with E-state index in [1.54, 1.807) is 0 Å². The van der Waals surface area contributed by atoms with Gasteiger partial charge in [0.1, 0.15) is 5.69 Å². The fraction of sp³-hybridized carbons (Fsp3) is 0.533. The molecule has 1 aliphatic carbocycles. The van der Waals surface area contributed by atoms with Crippen molar-refractivity contribution in [2.24, 2.45) is 11.3 Å². The average molecular weight is 297 g/mol. The minimum absolute atomic E-state index is 0.0385. The van der Waals surface area contributed by atoms with Gasteiger partial charge in [0.05, 0.1) is 0 Å². The number of nitrogen functional groups attached to an aromatic ring is 1. The number of nitrogens with two attached hydrogens (primary N) is 1. The molecule has 0 bridgehead atoms. The molecule has 1 aromatic carbocycles. The lowest BCUT2D eigenvalue weighted by atomic mass is 9.76. The second kappa shape index (κ2) is 6.39. The summed E-state index contributed by atoms with van der Waals surface area (Å²) in [5, 5.41) is 2.78. The Morgan fingerprint density at radius 1 is 1.24 bits per heavy atom. The first-order valence-corrected chi connectivity index (χ1v) is 7.19. The van der Waals surface area contributed by atoms with Gasteiger partial charge in [-0.15, -0.1) is 0 Å². The molecule has 1 saturated carbocycles. The van der Waals surface area contributed by atoms with Crippen LogP contribution < -0.4 is 16.6 Å². The molecular weight excluding hydrogens is 276 g/mol. The highest BCUT2D eigenvalue weighted by atomic mass is 19.1. The number of carbonyl (C=O) groups is 1. The molecular formula is C15H21F2N3O. The molecule has 1 aliphatic rings. The van der Waals surface area contributed by atoms with E-state index in [0.717, 1.165) is 37.8 Å². The lowest BCUT2D eigenvalue weighted by Gasteiger charge is -2.33. The van der Waals surface area contributed by atoms with Gasteiger partial charge in [0.2, 0.25) is 0 Å². The normalized spacial score (nSPS) is 17.3. The van der Waals surface area contributed by atoms with Crippen molar-refractivity contribution in [1.82, 2.24) is 5.32 Å². The Bertz CT molecular complexity index is 505. The molecule has 1 fully saturated rings. The minimum Gasteiger partial charge on any atom is -0.351 e. The Morgan fingerprint density at radius 3 is 2.33 bits per heavy atom. The number of hydrogen-bond donors (Lipinski definition) is 3. The second-order valence-corrected chi connectivity index (χ2v) is 6.01. The predicted molar refractivity (Wildman–Crippen MR) is 77.7 cm³/mol. The van der Waals surface area contributed by atoms with Gasteiger partial charge in [-0.2, -0.15) is 0 Å². The van der Waals surface area contributed by atoms with Crippen LogP contribution in [-0.2, 0) is 0 Å². The highest BCUT2D eigenvalue weighted by Gasteiger charge is 2.27. The Morgan fingerprint density at radius 2 is 1.81 bits per heavy atom. The third-order valence-electron chi connectivity index (χ3n) is 4.19. The molecule has 116 valence electrons. The molecule has 0 heterocycles. The van der Waals surface area contributed by atoms with E-state index in [4.69, 9.17) is 5.84 Å². The van der Waals surface area contributed by atoms with Crippen LogP contribution in [0.2, 0.25) is 0 Å². The SMILES string of the molecule is CC1(CNC(=O)c2cc(F)c(NN)c(F)c2)CCCCC1. The maximum Gasteiger partial charge on any atom is 0.251 e. The summed E-state index contributed by atoms with van der Waals surface area (Å²) in [5.74, 6) is 2.79. The van der Waals surface area contributed by atoms with Gasteiger partial charge in [-0.3, -0.25) is 10.6 Å². The molecule has 1 aromatic rings. The first kappa shape index (κ1) is 15.7. The third kappa shape index (κ3) is 3.69. The van der Waals surface area contributed by atoms with Crippen molar-refractivity contribution in [2.45, 2.75) is 39.0 Å². The van der Waals surface area contributed by atoms with Crippen molar-refractivity contribution in [3.63, 3.8) is 0 Å². The highest BCUT2D eigenvalue weighted by molar-refractivity contribution is 5.94. The van der Waals surface area contributed by atoms with Crippen molar-refractivity contribution < 1.29 is 13.6 Å². The summed E-state index contributed by atoms with van der Waals surface area (Å²) in [6.07, 6.45) is 5.67. The van der Waals surface area contributed by atoms with E-state index in [-0.39, 0.29) is 11.0 Å².